The molecule has 3 nitrogen and oxygen atoms in total. The van der Waals surface area contributed by atoms with Crippen LogP contribution >= 0.6 is 11.8 Å². The maximum atomic E-state index is 9.10. The maximum absolute atomic E-state index is 9.10. The van der Waals surface area contributed by atoms with Crippen LogP contribution in [0.5, 0.6) is 0 Å². The van der Waals surface area contributed by atoms with Crippen LogP contribution in [0.2, 0.25) is 0 Å². The number of aryl methyl sites for hydroxylation is 2. The number of hydrogen-bond acceptors (Lipinski definition) is 3. The summed E-state index contributed by atoms with van der Waals surface area (Å²) in [7, 11) is 0. The molecule has 0 radical (unpaired) electrons. The van der Waals surface area contributed by atoms with Crippen LogP contribution in [0.1, 0.15) is 30.3 Å². The molecule has 0 unspecified atom stereocenters. The van der Waals surface area contributed by atoms with Crippen LogP contribution in [0.25, 0.3) is 5.52 Å². The predicted molar refractivity (Wildman–Crippen MR) is 99.4 cm³/mol. The Hall–Kier alpha value is -2.25. The van der Waals surface area contributed by atoms with E-state index in [-0.39, 0.29) is 0 Å². The van der Waals surface area contributed by atoms with Gasteiger partial charge in [0.1, 0.15) is 0 Å². The average molecular weight is 335 g/mol. The van der Waals surface area contributed by atoms with Crippen molar-refractivity contribution in [2.45, 2.75) is 37.5 Å². The molecular formula is C20H21N3S. The largest absolute Gasteiger partial charge is 0.316 e. The van der Waals surface area contributed by atoms with Crippen LogP contribution in [0.3, 0.4) is 0 Å². The van der Waals surface area contributed by atoms with Gasteiger partial charge < -0.3 is 4.40 Å². The predicted octanol–water partition coefficient (Wildman–Crippen LogP) is 4.69. The van der Waals surface area contributed by atoms with Gasteiger partial charge in [0.2, 0.25) is 0 Å². The number of rotatable bonds is 7. The average Bonchev–Trinajstić information content (AvgIpc) is 2.98. The summed E-state index contributed by atoms with van der Waals surface area (Å²) < 4.78 is 2.15. The Kier molecular flexibility index (Phi) is 5.55. The zero-order valence-corrected chi connectivity index (χ0v) is 14.7. The van der Waals surface area contributed by atoms with Crippen LogP contribution in [0.4, 0.5) is 0 Å². The molecule has 0 aliphatic heterocycles. The molecule has 0 saturated carbocycles. The Morgan fingerprint density at radius 3 is 2.79 bits per heavy atom. The van der Waals surface area contributed by atoms with Crippen LogP contribution in [0.15, 0.2) is 53.7 Å². The standard InChI is InChI=1S/C20H21N3S/c1-2-14-24-19-15-17(10-11-21)23-13-12-22-18(20(19)23)9-8-16-6-4-3-5-7-16/h3-7,12-13,15H,2,8-10,14H2,1H3. The van der Waals surface area contributed by atoms with Gasteiger partial charge >= 0.3 is 0 Å². The highest BCUT2D eigenvalue weighted by atomic mass is 32.2. The molecule has 0 saturated heterocycles. The van der Waals surface area contributed by atoms with E-state index in [0.29, 0.717) is 6.42 Å². The molecule has 24 heavy (non-hydrogen) atoms. The summed E-state index contributed by atoms with van der Waals surface area (Å²) in [5.74, 6) is 1.08. The molecule has 1 aromatic carbocycles. The minimum Gasteiger partial charge on any atom is -0.316 e. The number of hydrogen-bond donors (Lipinski definition) is 0. The molecule has 3 aromatic rings. The van der Waals surface area contributed by atoms with E-state index in [0.717, 1.165) is 36.4 Å². The highest BCUT2D eigenvalue weighted by Gasteiger charge is 2.14. The van der Waals surface area contributed by atoms with E-state index in [4.69, 9.17) is 5.26 Å². The van der Waals surface area contributed by atoms with E-state index in [1.54, 1.807) is 0 Å². The summed E-state index contributed by atoms with van der Waals surface area (Å²) in [6.07, 6.45) is 7.27. The van der Waals surface area contributed by atoms with Crippen molar-refractivity contribution in [2.75, 3.05) is 5.75 Å². The fourth-order valence-electron chi connectivity index (χ4n) is 2.88. The van der Waals surface area contributed by atoms with Gasteiger partial charge in [-0.2, -0.15) is 5.26 Å². The molecule has 0 spiro atoms. The van der Waals surface area contributed by atoms with Crippen molar-refractivity contribution in [1.29, 1.82) is 5.26 Å². The number of nitriles is 1. The Labute approximate surface area is 147 Å². The van der Waals surface area contributed by atoms with Gasteiger partial charge in [0.15, 0.2) is 0 Å². The first-order valence-electron chi connectivity index (χ1n) is 8.35. The van der Waals surface area contributed by atoms with Crippen molar-refractivity contribution < 1.29 is 0 Å². The van der Waals surface area contributed by atoms with E-state index >= 15 is 0 Å². The normalized spacial score (nSPS) is 10.8. The van der Waals surface area contributed by atoms with Crippen LogP contribution in [0, 0.1) is 11.3 Å². The molecule has 3 rings (SSSR count). The molecule has 0 N–H and O–H groups in total. The number of thioether (sulfide) groups is 1. The molecule has 2 aromatic heterocycles. The third kappa shape index (κ3) is 3.63. The zero-order chi connectivity index (χ0) is 16.8. The summed E-state index contributed by atoms with van der Waals surface area (Å²) in [4.78, 5) is 5.90. The van der Waals surface area contributed by atoms with Gasteiger partial charge in [-0.3, -0.25) is 4.98 Å². The summed E-state index contributed by atoms with van der Waals surface area (Å²) in [5, 5.41) is 9.10. The van der Waals surface area contributed by atoms with E-state index in [2.05, 4.69) is 52.7 Å². The van der Waals surface area contributed by atoms with Crippen molar-refractivity contribution in [2.24, 2.45) is 0 Å². The molecule has 0 fully saturated rings. The number of nitrogens with zero attached hydrogens (tertiary/aromatic N) is 3. The second-order valence-corrected chi connectivity index (χ2v) is 6.90. The Morgan fingerprint density at radius 2 is 2.04 bits per heavy atom. The minimum absolute atomic E-state index is 0.427. The molecule has 0 aliphatic carbocycles. The molecular weight excluding hydrogens is 314 g/mol. The van der Waals surface area contributed by atoms with Crippen molar-refractivity contribution in [3.05, 3.63) is 65.7 Å². The molecule has 0 atom stereocenters. The van der Waals surface area contributed by atoms with E-state index in [9.17, 15) is 0 Å². The van der Waals surface area contributed by atoms with E-state index in [1.807, 2.05) is 30.2 Å². The Bertz CT molecular complexity index is 846. The molecule has 0 bridgehead atoms. The lowest BCUT2D eigenvalue weighted by molar-refractivity contribution is 0.897. The highest BCUT2D eigenvalue weighted by Crippen LogP contribution is 2.30. The smallest absolute Gasteiger partial charge is 0.0807 e. The first kappa shape index (κ1) is 16.6. The highest BCUT2D eigenvalue weighted by molar-refractivity contribution is 7.99. The third-order valence-corrected chi connectivity index (χ3v) is 5.25. The summed E-state index contributed by atoms with van der Waals surface area (Å²) in [6, 6.07) is 14.9. The molecule has 2 heterocycles. The van der Waals surface area contributed by atoms with E-state index < -0.39 is 0 Å². The van der Waals surface area contributed by atoms with Crippen molar-refractivity contribution in [3.8, 4) is 6.07 Å². The maximum Gasteiger partial charge on any atom is 0.0807 e. The van der Waals surface area contributed by atoms with Gasteiger partial charge in [-0.15, -0.1) is 11.8 Å². The van der Waals surface area contributed by atoms with Crippen LogP contribution < -0.4 is 0 Å². The second-order valence-electron chi connectivity index (χ2n) is 5.76. The molecule has 0 amide bonds. The number of benzene rings is 1. The lowest BCUT2D eigenvalue weighted by atomic mass is 10.1. The third-order valence-electron chi connectivity index (χ3n) is 4.02. The van der Waals surface area contributed by atoms with Gasteiger partial charge in [-0.25, -0.2) is 0 Å². The summed E-state index contributed by atoms with van der Waals surface area (Å²) in [5.41, 5.74) is 4.67. The van der Waals surface area contributed by atoms with Crippen molar-refractivity contribution in [3.63, 3.8) is 0 Å². The summed E-state index contributed by atoms with van der Waals surface area (Å²) in [6.45, 7) is 2.19. The monoisotopic (exact) mass is 335 g/mol. The molecule has 4 heteroatoms. The first-order valence-corrected chi connectivity index (χ1v) is 9.33. The second kappa shape index (κ2) is 8.03. The fraction of sp³-hybridized carbons (Fsp3) is 0.300. The Balaban J connectivity index is 1.96. The zero-order valence-electron chi connectivity index (χ0n) is 13.9. The first-order chi connectivity index (χ1) is 11.8. The fourth-order valence-corrected chi connectivity index (χ4v) is 3.88. The van der Waals surface area contributed by atoms with Gasteiger partial charge in [-0.05, 0) is 36.6 Å². The molecule has 122 valence electrons. The lowest BCUT2D eigenvalue weighted by Gasteiger charge is -2.07. The minimum atomic E-state index is 0.427. The topological polar surface area (TPSA) is 41.1 Å². The van der Waals surface area contributed by atoms with Crippen LogP contribution in [-0.2, 0) is 19.3 Å². The van der Waals surface area contributed by atoms with E-state index in [1.165, 1.54) is 16.0 Å². The van der Waals surface area contributed by atoms with Crippen molar-refractivity contribution in [1.82, 2.24) is 9.38 Å². The SMILES string of the molecule is CCCSc1cc(CC#N)n2ccnc(CCc3ccccc3)c12. The van der Waals surface area contributed by atoms with Gasteiger partial charge in [0.25, 0.3) is 0 Å². The number of fused-ring (bicyclic) bond motifs is 1. The van der Waals surface area contributed by atoms with Gasteiger partial charge in [0, 0.05) is 23.0 Å². The molecule has 0 aliphatic rings. The van der Waals surface area contributed by atoms with Gasteiger partial charge in [-0.1, -0.05) is 37.3 Å². The number of aromatic nitrogens is 2. The summed E-state index contributed by atoms with van der Waals surface area (Å²) >= 11 is 1.86. The van der Waals surface area contributed by atoms with Gasteiger partial charge in [0.05, 0.1) is 23.7 Å². The quantitative estimate of drug-likeness (QED) is 0.588. The van der Waals surface area contributed by atoms with Crippen molar-refractivity contribution >= 4 is 17.3 Å². The van der Waals surface area contributed by atoms with Crippen LogP contribution in [-0.4, -0.2) is 15.1 Å². The Morgan fingerprint density at radius 1 is 1.21 bits per heavy atom. The lowest BCUT2D eigenvalue weighted by Crippen LogP contribution is -2.00.